The number of hydrogen-bond donors (Lipinski definition) is 1. The summed E-state index contributed by atoms with van der Waals surface area (Å²) in [6, 6.07) is 0. The number of ketones is 1. The van der Waals surface area contributed by atoms with Crippen molar-refractivity contribution in [2.75, 3.05) is 0 Å². The van der Waals surface area contributed by atoms with Gasteiger partial charge in [0.25, 0.3) is 0 Å². The second kappa shape index (κ2) is 4.79. The first-order chi connectivity index (χ1) is 9.20. The van der Waals surface area contributed by atoms with E-state index in [0.717, 1.165) is 36.0 Å². The van der Waals surface area contributed by atoms with Crippen molar-refractivity contribution in [1.82, 2.24) is 0 Å². The van der Waals surface area contributed by atoms with Gasteiger partial charge in [-0.05, 0) is 68.1 Å². The fraction of sp³-hybridized carbons (Fsp3) is 0.941. The van der Waals surface area contributed by atoms with Crippen molar-refractivity contribution in [2.24, 2.45) is 35.5 Å². The molecule has 0 amide bonds. The van der Waals surface area contributed by atoms with Crippen molar-refractivity contribution in [1.29, 1.82) is 0 Å². The highest BCUT2D eigenvalue weighted by Gasteiger charge is 2.45. The molecule has 0 N–H and O–H groups in total. The summed E-state index contributed by atoms with van der Waals surface area (Å²) >= 11 is 4.84. The molecule has 1 nitrogen and oxygen atoms in total. The Hall–Kier alpha value is 0.0200. The topological polar surface area (TPSA) is 17.1 Å². The SMILES string of the molecule is O=C(CC(S)C1CC2CCC1C2)C1CC2CCC1C2. The number of carbonyl (C=O) groups excluding carboxylic acids is 1. The minimum Gasteiger partial charge on any atom is -0.299 e. The molecule has 7 unspecified atom stereocenters. The number of carbonyl (C=O) groups is 1. The lowest BCUT2D eigenvalue weighted by Crippen LogP contribution is -2.28. The first-order valence-electron chi connectivity index (χ1n) is 8.41. The average Bonchev–Trinajstić information content (AvgIpc) is 3.17. The number of hydrogen-bond acceptors (Lipinski definition) is 2. The van der Waals surface area contributed by atoms with Crippen molar-refractivity contribution in [3.63, 3.8) is 0 Å². The molecule has 4 rings (SSSR count). The van der Waals surface area contributed by atoms with Crippen LogP contribution in [0.5, 0.6) is 0 Å². The van der Waals surface area contributed by atoms with Crippen molar-refractivity contribution in [2.45, 2.75) is 63.0 Å². The van der Waals surface area contributed by atoms with E-state index in [1.165, 1.54) is 51.4 Å². The van der Waals surface area contributed by atoms with Crippen molar-refractivity contribution in [3.8, 4) is 0 Å². The zero-order valence-corrected chi connectivity index (χ0v) is 12.7. The van der Waals surface area contributed by atoms with Gasteiger partial charge in [0, 0.05) is 17.6 Å². The Morgan fingerprint density at radius 1 is 0.947 bits per heavy atom. The van der Waals surface area contributed by atoms with Crippen LogP contribution in [-0.2, 0) is 4.79 Å². The highest BCUT2D eigenvalue weighted by Crippen LogP contribution is 2.52. The lowest BCUT2D eigenvalue weighted by molar-refractivity contribution is -0.124. The Labute approximate surface area is 122 Å². The molecule has 4 aliphatic carbocycles. The maximum Gasteiger partial charge on any atom is 0.137 e. The van der Waals surface area contributed by atoms with Gasteiger partial charge in [-0.1, -0.05) is 12.8 Å². The molecule has 0 saturated heterocycles. The molecule has 0 heterocycles. The summed E-state index contributed by atoms with van der Waals surface area (Å²) in [6.45, 7) is 0. The summed E-state index contributed by atoms with van der Waals surface area (Å²) < 4.78 is 0. The van der Waals surface area contributed by atoms with Gasteiger partial charge in [0.2, 0.25) is 0 Å². The summed E-state index contributed by atoms with van der Waals surface area (Å²) in [5.74, 6) is 5.26. The van der Waals surface area contributed by atoms with Gasteiger partial charge >= 0.3 is 0 Å². The van der Waals surface area contributed by atoms with Gasteiger partial charge in [-0.15, -0.1) is 0 Å². The lowest BCUT2D eigenvalue weighted by atomic mass is 9.80. The Bertz CT molecular complexity index is 379. The molecule has 0 aromatic carbocycles. The normalized spacial score (nSPS) is 48.9. The fourth-order valence-corrected chi connectivity index (χ4v) is 6.46. The maximum absolute atomic E-state index is 12.6. The lowest BCUT2D eigenvalue weighted by Gasteiger charge is -2.28. The molecule has 0 aliphatic heterocycles. The third-order valence-electron chi connectivity index (χ3n) is 6.85. The van der Waals surface area contributed by atoms with Crippen LogP contribution in [-0.4, -0.2) is 11.0 Å². The first kappa shape index (κ1) is 12.7. The highest BCUT2D eigenvalue weighted by molar-refractivity contribution is 7.81. The fourth-order valence-electron chi connectivity index (χ4n) is 5.91. The molecule has 19 heavy (non-hydrogen) atoms. The van der Waals surface area contributed by atoms with E-state index >= 15 is 0 Å². The molecule has 4 aliphatic rings. The highest BCUT2D eigenvalue weighted by atomic mass is 32.1. The summed E-state index contributed by atoms with van der Waals surface area (Å²) in [7, 11) is 0. The molecular weight excluding hydrogens is 252 g/mol. The van der Waals surface area contributed by atoms with Crippen LogP contribution in [0.3, 0.4) is 0 Å². The van der Waals surface area contributed by atoms with Gasteiger partial charge in [-0.25, -0.2) is 0 Å². The number of fused-ring (bicyclic) bond motifs is 4. The van der Waals surface area contributed by atoms with Crippen molar-refractivity contribution >= 4 is 18.4 Å². The van der Waals surface area contributed by atoms with E-state index in [-0.39, 0.29) is 0 Å². The van der Waals surface area contributed by atoms with E-state index < -0.39 is 0 Å². The van der Waals surface area contributed by atoms with Crippen LogP contribution in [0.4, 0.5) is 0 Å². The van der Waals surface area contributed by atoms with E-state index in [1.807, 2.05) is 0 Å². The van der Waals surface area contributed by atoms with Crippen molar-refractivity contribution < 1.29 is 4.79 Å². The Morgan fingerprint density at radius 3 is 2.16 bits per heavy atom. The molecule has 0 aromatic heterocycles. The molecule has 4 fully saturated rings. The van der Waals surface area contributed by atoms with E-state index in [1.54, 1.807) is 0 Å². The van der Waals surface area contributed by atoms with Crippen LogP contribution in [0.25, 0.3) is 0 Å². The Balaban J connectivity index is 1.35. The number of rotatable bonds is 4. The molecule has 0 aromatic rings. The molecule has 4 saturated carbocycles. The van der Waals surface area contributed by atoms with Gasteiger partial charge in [0.05, 0.1) is 0 Å². The van der Waals surface area contributed by atoms with Gasteiger partial charge in [-0.3, -0.25) is 4.79 Å². The molecule has 0 radical (unpaired) electrons. The van der Waals surface area contributed by atoms with E-state index in [4.69, 9.17) is 12.6 Å². The van der Waals surface area contributed by atoms with Crippen LogP contribution in [0.15, 0.2) is 0 Å². The molecule has 106 valence electrons. The predicted molar refractivity (Wildman–Crippen MR) is 80.3 cm³/mol. The minimum atomic E-state index is 0.363. The third-order valence-corrected chi connectivity index (χ3v) is 7.41. The summed E-state index contributed by atoms with van der Waals surface area (Å²) in [5.41, 5.74) is 0. The van der Waals surface area contributed by atoms with E-state index in [9.17, 15) is 4.79 Å². The molecule has 2 heteroatoms. The van der Waals surface area contributed by atoms with Crippen LogP contribution < -0.4 is 0 Å². The molecule has 7 atom stereocenters. The van der Waals surface area contributed by atoms with Crippen molar-refractivity contribution in [3.05, 3.63) is 0 Å². The van der Waals surface area contributed by atoms with Crippen LogP contribution in [0, 0.1) is 35.5 Å². The average molecular weight is 278 g/mol. The van der Waals surface area contributed by atoms with Crippen LogP contribution >= 0.6 is 12.6 Å². The van der Waals surface area contributed by atoms with Crippen LogP contribution in [0.2, 0.25) is 0 Å². The monoisotopic (exact) mass is 278 g/mol. The molecule has 4 bridgehead atoms. The van der Waals surface area contributed by atoms with E-state index in [0.29, 0.717) is 17.0 Å². The summed E-state index contributed by atoms with van der Waals surface area (Å²) in [4.78, 5) is 12.6. The molecule has 0 spiro atoms. The third kappa shape index (κ3) is 2.18. The van der Waals surface area contributed by atoms with E-state index in [2.05, 4.69) is 0 Å². The second-order valence-corrected chi connectivity index (χ2v) is 8.52. The van der Waals surface area contributed by atoms with Gasteiger partial charge in [0.1, 0.15) is 5.78 Å². The van der Waals surface area contributed by atoms with Gasteiger partial charge in [0.15, 0.2) is 0 Å². The van der Waals surface area contributed by atoms with Gasteiger partial charge < -0.3 is 0 Å². The zero-order chi connectivity index (χ0) is 13.0. The Morgan fingerprint density at radius 2 is 1.63 bits per heavy atom. The van der Waals surface area contributed by atoms with Gasteiger partial charge in [-0.2, -0.15) is 12.6 Å². The largest absolute Gasteiger partial charge is 0.299 e. The smallest absolute Gasteiger partial charge is 0.137 e. The summed E-state index contributed by atoms with van der Waals surface area (Å²) in [5, 5.41) is 0.363. The maximum atomic E-state index is 12.6. The minimum absolute atomic E-state index is 0.363. The Kier molecular flexibility index (Phi) is 3.21. The zero-order valence-electron chi connectivity index (χ0n) is 11.8. The second-order valence-electron chi connectivity index (χ2n) is 7.86. The number of thiol groups is 1. The standard InChI is InChI=1S/C17H26OS/c18-16(14-7-10-1-3-12(14)5-10)9-17(19)15-8-11-2-4-13(15)6-11/h10-15,17,19H,1-9H2. The quantitative estimate of drug-likeness (QED) is 0.766. The first-order valence-corrected chi connectivity index (χ1v) is 8.93. The van der Waals surface area contributed by atoms with Crippen LogP contribution in [0.1, 0.15) is 57.8 Å². The predicted octanol–water partition coefficient (Wildman–Crippen LogP) is 4.12. The number of Topliss-reactive ketones (excluding diaryl/α,β-unsaturated/α-hetero) is 1. The molecular formula is C17H26OS. The summed E-state index contributed by atoms with van der Waals surface area (Å²) in [6.07, 6.45) is 11.7.